The second-order valence-electron chi connectivity index (χ2n) is 9.79. The third-order valence-electron chi connectivity index (χ3n) is 6.85. The number of nitrogens with zero attached hydrogens (tertiary/aromatic N) is 3. The number of amides is 1. The summed E-state index contributed by atoms with van der Waals surface area (Å²) in [5.74, 6) is 0.283. The van der Waals surface area contributed by atoms with Crippen LogP contribution in [-0.4, -0.2) is 52.4 Å². The number of benzene rings is 1. The van der Waals surface area contributed by atoms with Crippen LogP contribution in [0.3, 0.4) is 0 Å². The van der Waals surface area contributed by atoms with E-state index in [1.54, 1.807) is 11.8 Å². The summed E-state index contributed by atoms with van der Waals surface area (Å²) in [6, 6.07) is 6.84. The molecule has 7 heteroatoms. The molecule has 1 saturated heterocycles. The Morgan fingerprint density at radius 3 is 2.68 bits per heavy atom. The molecule has 0 radical (unpaired) electrons. The Kier molecular flexibility index (Phi) is 8.89. The first-order chi connectivity index (χ1) is 16.2. The summed E-state index contributed by atoms with van der Waals surface area (Å²) >= 11 is 0. The van der Waals surface area contributed by atoms with Gasteiger partial charge in [0, 0.05) is 25.7 Å². The van der Waals surface area contributed by atoms with E-state index in [0.29, 0.717) is 49.8 Å². The fourth-order valence-corrected chi connectivity index (χ4v) is 4.44. The zero-order valence-corrected chi connectivity index (χ0v) is 21.5. The molecule has 2 unspecified atom stereocenters. The normalized spacial score (nSPS) is 17.3. The summed E-state index contributed by atoms with van der Waals surface area (Å²) in [5.41, 5.74) is 4.09. The van der Waals surface area contributed by atoms with E-state index in [1.165, 1.54) is 23.0 Å². The van der Waals surface area contributed by atoms with Gasteiger partial charge in [0.1, 0.15) is 6.26 Å². The van der Waals surface area contributed by atoms with Crippen molar-refractivity contribution in [2.24, 2.45) is 11.8 Å². The molecule has 1 amide bonds. The molecular weight excluding hydrogens is 430 g/mol. The first-order valence-electron chi connectivity index (χ1n) is 12.4. The van der Waals surface area contributed by atoms with Crippen molar-refractivity contribution in [3.05, 3.63) is 52.7 Å². The van der Waals surface area contributed by atoms with Gasteiger partial charge in [0.25, 0.3) is 5.91 Å². The third-order valence-corrected chi connectivity index (χ3v) is 6.85. The number of likely N-dealkylation sites (tertiary alicyclic amines) is 1. The number of piperidine rings is 1. The van der Waals surface area contributed by atoms with E-state index in [-0.39, 0.29) is 17.8 Å². The Morgan fingerprint density at radius 1 is 1.24 bits per heavy atom. The highest BCUT2D eigenvalue weighted by molar-refractivity contribution is 5.92. The van der Waals surface area contributed by atoms with E-state index >= 15 is 0 Å². The lowest BCUT2D eigenvalue weighted by molar-refractivity contribution is -0.149. The van der Waals surface area contributed by atoms with Crippen LogP contribution in [0.2, 0.25) is 0 Å². The van der Waals surface area contributed by atoms with Crippen molar-refractivity contribution in [1.29, 1.82) is 0 Å². The molecular formula is C27H39N3O4. The number of esters is 1. The zero-order valence-electron chi connectivity index (χ0n) is 21.5. The van der Waals surface area contributed by atoms with Gasteiger partial charge in [-0.3, -0.25) is 14.5 Å². The Bertz CT molecular complexity index is 984. The minimum absolute atomic E-state index is 0.193. The molecule has 1 aromatic heterocycles. The van der Waals surface area contributed by atoms with Crippen molar-refractivity contribution in [1.82, 2.24) is 14.8 Å². The van der Waals surface area contributed by atoms with Crippen molar-refractivity contribution in [3.63, 3.8) is 0 Å². The van der Waals surface area contributed by atoms with E-state index in [1.807, 2.05) is 0 Å². The van der Waals surface area contributed by atoms with Gasteiger partial charge in [0.2, 0.25) is 5.89 Å². The van der Waals surface area contributed by atoms with Crippen molar-refractivity contribution in [3.8, 4) is 0 Å². The van der Waals surface area contributed by atoms with E-state index < -0.39 is 0 Å². The van der Waals surface area contributed by atoms with E-state index in [4.69, 9.17) is 9.15 Å². The predicted octanol–water partition coefficient (Wildman–Crippen LogP) is 4.75. The fraction of sp³-hybridized carbons (Fsp3) is 0.593. The van der Waals surface area contributed by atoms with E-state index in [9.17, 15) is 9.59 Å². The first kappa shape index (κ1) is 25.9. The smallest absolute Gasteiger partial charge is 0.310 e. The highest BCUT2D eigenvalue weighted by atomic mass is 16.5. The number of hydrogen-bond donors (Lipinski definition) is 0. The molecule has 1 aliphatic rings. The quantitative estimate of drug-likeness (QED) is 0.493. The van der Waals surface area contributed by atoms with E-state index in [2.05, 4.69) is 62.7 Å². The predicted molar refractivity (Wildman–Crippen MR) is 131 cm³/mol. The number of rotatable bonds is 9. The molecule has 3 rings (SSSR count). The van der Waals surface area contributed by atoms with Gasteiger partial charge in [-0.05, 0) is 57.6 Å². The number of hydrogen-bond acceptors (Lipinski definition) is 6. The maximum Gasteiger partial charge on any atom is 0.310 e. The fourth-order valence-electron chi connectivity index (χ4n) is 4.44. The average Bonchev–Trinajstić information content (AvgIpc) is 3.28. The lowest BCUT2D eigenvalue weighted by Crippen LogP contribution is -2.43. The number of carbonyl (C=O) groups is 2. The summed E-state index contributed by atoms with van der Waals surface area (Å²) in [5, 5.41) is 0. The molecule has 7 nitrogen and oxygen atoms in total. The minimum Gasteiger partial charge on any atom is -0.466 e. The second-order valence-corrected chi connectivity index (χ2v) is 9.79. The molecule has 186 valence electrons. The summed E-state index contributed by atoms with van der Waals surface area (Å²) < 4.78 is 10.9. The molecule has 1 aromatic carbocycles. The van der Waals surface area contributed by atoms with Gasteiger partial charge < -0.3 is 14.1 Å². The summed E-state index contributed by atoms with van der Waals surface area (Å²) in [6.45, 7) is 15.3. The standard InChI is InChI=1S/C27H39N3O4/c1-7-33-27(32)23-9-8-12-29(15-23)26(31)24-17-34-25(28-24)16-30(21(6)18(2)3)14-22-11-10-19(4)13-20(22)5/h10-11,13,17-18,21,23H,7-9,12,14-16H2,1-6H3. The SMILES string of the molecule is CCOC(=O)C1CCCN(C(=O)c2coc(CN(Cc3ccc(C)cc3C)C(C)C(C)C)n2)C1. The van der Waals surface area contributed by atoms with Crippen LogP contribution in [0, 0.1) is 25.7 Å². The summed E-state index contributed by atoms with van der Waals surface area (Å²) in [7, 11) is 0. The Morgan fingerprint density at radius 2 is 2.00 bits per heavy atom. The summed E-state index contributed by atoms with van der Waals surface area (Å²) in [6.07, 6.45) is 2.96. The lowest BCUT2D eigenvalue weighted by Gasteiger charge is -2.31. The second kappa shape index (κ2) is 11.6. The van der Waals surface area contributed by atoms with E-state index in [0.717, 1.165) is 19.4 Å². The highest BCUT2D eigenvalue weighted by Gasteiger charge is 2.31. The van der Waals surface area contributed by atoms with Gasteiger partial charge in [-0.2, -0.15) is 0 Å². The van der Waals surface area contributed by atoms with Gasteiger partial charge in [0.15, 0.2) is 5.69 Å². The molecule has 2 atom stereocenters. The number of ether oxygens (including phenoxy) is 1. The maximum absolute atomic E-state index is 13.1. The first-order valence-corrected chi connectivity index (χ1v) is 12.4. The molecule has 1 fully saturated rings. The van der Waals surface area contributed by atoms with Gasteiger partial charge in [-0.1, -0.05) is 37.6 Å². The van der Waals surface area contributed by atoms with Crippen LogP contribution in [0.15, 0.2) is 28.9 Å². The minimum atomic E-state index is -0.274. The molecule has 0 spiro atoms. The van der Waals surface area contributed by atoms with Crippen LogP contribution in [0.1, 0.15) is 73.6 Å². The molecule has 0 saturated carbocycles. The number of aryl methyl sites for hydroxylation is 2. The molecule has 0 N–H and O–H groups in total. The van der Waals surface area contributed by atoms with Crippen molar-refractivity contribution in [2.75, 3.05) is 19.7 Å². The topological polar surface area (TPSA) is 75.9 Å². The summed E-state index contributed by atoms with van der Waals surface area (Å²) in [4.78, 5) is 33.8. The Balaban J connectivity index is 1.71. The van der Waals surface area contributed by atoms with Gasteiger partial charge >= 0.3 is 5.97 Å². The molecule has 0 bridgehead atoms. The molecule has 2 aromatic rings. The average molecular weight is 470 g/mol. The molecule has 1 aliphatic heterocycles. The maximum atomic E-state index is 13.1. The van der Waals surface area contributed by atoms with Crippen molar-refractivity contribution < 1.29 is 18.7 Å². The number of aromatic nitrogens is 1. The van der Waals surface area contributed by atoms with Crippen molar-refractivity contribution in [2.45, 2.75) is 73.5 Å². The largest absolute Gasteiger partial charge is 0.466 e. The highest BCUT2D eigenvalue weighted by Crippen LogP contribution is 2.22. The van der Waals surface area contributed by atoms with Crippen LogP contribution < -0.4 is 0 Å². The van der Waals surface area contributed by atoms with Crippen molar-refractivity contribution >= 4 is 11.9 Å². The lowest BCUT2D eigenvalue weighted by atomic mass is 9.98. The Hall–Kier alpha value is -2.67. The zero-order chi connectivity index (χ0) is 24.8. The van der Waals surface area contributed by atoms with Crippen LogP contribution in [0.4, 0.5) is 0 Å². The van der Waals surface area contributed by atoms with Crippen LogP contribution in [0.25, 0.3) is 0 Å². The molecule has 0 aliphatic carbocycles. The van der Waals surface area contributed by atoms with Gasteiger partial charge in [0.05, 0.1) is 19.1 Å². The van der Waals surface area contributed by atoms with Gasteiger partial charge in [-0.15, -0.1) is 0 Å². The van der Waals surface area contributed by atoms with Crippen LogP contribution in [-0.2, 0) is 22.6 Å². The van der Waals surface area contributed by atoms with Crippen LogP contribution >= 0.6 is 0 Å². The van der Waals surface area contributed by atoms with Gasteiger partial charge in [-0.25, -0.2) is 4.98 Å². The monoisotopic (exact) mass is 469 g/mol. The van der Waals surface area contributed by atoms with Crippen LogP contribution in [0.5, 0.6) is 0 Å². The Labute approximate surface area is 203 Å². The third kappa shape index (κ3) is 6.47. The number of carbonyl (C=O) groups excluding carboxylic acids is 2. The molecule has 2 heterocycles. The molecule has 34 heavy (non-hydrogen) atoms. The number of oxazole rings is 1.